The molecule has 0 aliphatic rings. The predicted molar refractivity (Wildman–Crippen MR) is 79.6 cm³/mol. The van der Waals surface area contributed by atoms with Crippen LogP contribution in [0, 0.1) is 0 Å². The molecule has 1 N–H and O–H groups in total. The number of halogens is 1. The highest BCUT2D eigenvalue weighted by Crippen LogP contribution is 2.25. The van der Waals surface area contributed by atoms with Gasteiger partial charge in [0.05, 0.1) is 22.4 Å². The molecular formula is C12H22BrN3S. The quantitative estimate of drug-likeness (QED) is 0.745. The summed E-state index contributed by atoms with van der Waals surface area (Å²) in [4.78, 5) is 0. The highest BCUT2D eigenvalue weighted by Gasteiger charge is 2.17. The van der Waals surface area contributed by atoms with Crippen LogP contribution in [-0.4, -0.2) is 27.8 Å². The average molecular weight is 320 g/mol. The van der Waals surface area contributed by atoms with E-state index in [0.717, 1.165) is 23.2 Å². The molecule has 1 atom stereocenters. The van der Waals surface area contributed by atoms with Gasteiger partial charge in [0, 0.05) is 12.8 Å². The number of thioether (sulfide) groups is 1. The molecule has 0 fully saturated rings. The highest BCUT2D eigenvalue weighted by molar-refractivity contribution is 9.10. The number of aromatic nitrogens is 2. The zero-order valence-corrected chi connectivity index (χ0v) is 13.3. The van der Waals surface area contributed by atoms with Gasteiger partial charge in [-0.25, -0.2) is 0 Å². The van der Waals surface area contributed by atoms with Crippen LogP contribution in [0.15, 0.2) is 10.7 Å². The fourth-order valence-corrected chi connectivity index (χ4v) is 3.30. The van der Waals surface area contributed by atoms with Crippen LogP contribution < -0.4 is 5.32 Å². The summed E-state index contributed by atoms with van der Waals surface area (Å²) in [6, 6.07) is 0.383. The van der Waals surface area contributed by atoms with Gasteiger partial charge in [-0.05, 0) is 41.1 Å². The maximum Gasteiger partial charge on any atom is 0.0700 e. The van der Waals surface area contributed by atoms with Gasteiger partial charge in [0.25, 0.3) is 0 Å². The van der Waals surface area contributed by atoms with E-state index in [1.165, 1.54) is 17.9 Å². The van der Waals surface area contributed by atoms with Gasteiger partial charge in [0.15, 0.2) is 0 Å². The summed E-state index contributed by atoms with van der Waals surface area (Å²) < 4.78 is 3.06. The standard InChI is InChI=1S/C12H22BrN3S/c1-4-6-14-11(9-17-7-5-2)12-10(13)8-15-16(12)3/h8,11,14H,4-7,9H2,1-3H3. The zero-order chi connectivity index (χ0) is 12.7. The fraction of sp³-hybridized carbons (Fsp3) is 0.750. The van der Waals surface area contributed by atoms with Crippen LogP contribution in [0.4, 0.5) is 0 Å². The van der Waals surface area contributed by atoms with Crippen LogP contribution in [0.1, 0.15) is 38.4 Å². The lowest BCUT2D eigenvalue weighted by Crippen LogP contribution is -2.26. The summed E-state index contributed by atoms with van der Waals surface area (Å²) in [5.41, 5.74) is 1.25. The van der Waals surface area contributed by atoms with E-state index < -0.39 is 0 Å². The Morgan fingerprint density at radius 3 is 2.76 bits per heavy atom. The lowest BCUT2D eigenvalue weighted by Gasteiger charge is -2.19. The topological polar surface area (TPSA) is 29.9 Å². The molecule has 0 radical (unpaired) electrons. The van der Waals surface area contributed by atoms with Crippen molar-refractivity contribution < 1.29 is 0 Å². The van der Waals surface area contributed by atoms with Crippen molar-refractivity contribution in [2.75, 3.05) is 18.1 Å². The number of nitrogens with one attached hydrogen (secondary N) is 1. The first-order valence-electron chi connectivity index (χ1n) is 6.19. The Balaban J connectivity index is 2.67. The molecule has 98 valence electrons. The van der Waals surface area contributed by atoms with E-state index in [0.29, 0.717) is 6.04 Å². The second kappa shape index (κ2) is 8.16. The predicted octanol–water partition coefficient (Wildman–Crippen LogP) is 3.37. The van der Waals surface area contributed by atoms with Crippen LogP contribution >= 0.6 is 27.7 Å². The second-order valence-electron chi connectivity index (χ2n) is 4.08. The number of rotatable bonds is 8. The summed E-state index contributed by atoms with van der Waals surface area (Å²) in [5.74, 6) is 2.33. The Hall–Kier alpha value is 0. The van der Waals surface area contributed by atoms with Gasteiger partial charge in [0.2, 0.25) is 0 Å². The third-order valence-electron chi connectivity index (χ3n) is 2.54. The van der Waals surface area contributed by atoms with E-state index in [2.05, 4.69) is 40.2 Å². The van der Waals surface area contributed by atoms with Crippen molar-refractivity contribution in [3.05, 3.63) is 16.4 Å². The van der Waals surface area contributed by atoms with E-state index in [1.807, 2.05) is 29.7 Å². The molecule has 0 aromatic carbocycles. The third kappa shape index (κ3) is 4.64. The minimum atomic E-state index is 0.383. The normalized spacial score (nSPS) is 12.9. The van der Waals surface area contributed by atoms with E-state index in [1.54, 1.807) is 0 Å². The number of hydrogen-bond acceptors (Lipinski definition) is 3. The van der Waals surface area contributed by atoms with Crippen LogP contribution in [0.5, 0.6) is 0 Å². The average Bonchev–Trinajstić information content (AvgIpc) is 2.64. The molecule has 1 rings (SSSR count). The van der Waals surface area contributed by atoms with Crippen LogP contribution in [0.25, 0.3) is 0 Å². The minimum absolute atomic E-state index is 0.383. The van der Waals surface area contributed by atoms with Crippen molar-refractivity contribution in [2.45, 2.75) is 32.7 Å². The number of aryl methyl sites for hydroxylation is 1. The molecule has 1 unspecified atom stereocenters. The van der Waals surface area contributed by atoms with Gasteiger partial charge in [-0.1, -0.05) is 13.8 Å². The van der Waals surface area contributed by atoms with Crippen molar-refractivity contribution >= 4 is 27.7 Å². The van der Waals surface area contributed by atoms with Gasteiger partial charge < -0.3 is 5.32 Å². The van der Waals surface area contributed by atoms with Crippen molar-refractivity contribution in [1.82, 2.24) is 15.1 Å². The Labute approximate surface area is 117 Å². The Kier molecular flexibility index (Phi) is 7.23. The molecule has 1 aromatic rings. The Morgan fingerprint density at radius 1 is 1.47 bits per heavy atom. The van der Waals surface area contributed by atoms with Crippen molar-refractivity contribution in [2.24, 2.45) is 7.05 Å². The summed E-state index contributed by atoms with van der Waals surface area (Å²) in [6.07, 6.45) is 4.27. The molecule has 1 aromatic heterocycles. The maximum absolute atomic E-state index is 4.29. The molecule has 0 amide bonds. The lowest BCUT2D eigenvalue weighted by atomic mass is 10.2. The van der Waals surface area contributed by atoms with E-state index in [4.69, 9.17) is 0 Å². The molecule has 17 heavy (non-hydrogen) atoms. The summed E-state index contributed by atoms with van der Waals surface area (Å²) >= 11 is 5.59. The molecule has 0 aliphatic heterocycles. The monoisotopic (exact) mass is 319 g/mol. The van der Waals surface area contributed by atoms with Crippen LogP contribution in [0.3, 0.4) is 0 Å². The zero-order valence-electron chi connectivity index (χ0n) is 10.9. The van der Waals surface area contributed by atoms with Gasteiger partial charge in [-0.2, -0.15) is 16.9 Å². The summed E-state index contributed by atoms with van der Waals surface area (Å²) in [5, 5.41) is 7.89. The van der Waals surface area contributed by atoms with Gasteiger partial charge in [-0.3, -0.25) is 4.68 Å². The lowest BCUT2D eigenvalue weighted by molar-refractivity contribution is 0.533. The molecule has 0 bridgehead atoms. The highest BCUT2D eigenvalue weighted by atomic mass is 79.9. The molecule has 0 spiro atoms. The third-order valence-corrected chi connectivity index (χ3v) is 4.42. The Morgan fingerprint density at radius 2 is 2.24 bits per heavy atom. The SMILES string of the molecule is CCCNC(CSCCC)c1c(Br)cnn1C. The van der Waals surface area contributed by atoms with Gasteiger partial charge in [0.1, 0.15) is 0 Å². The first kappa shape index (κ1) is 15.1. The fourth-order valence-electron chi connectivity index (χ4n) is 1.71. The van der Waals surface area contributed by atoms with E-state index >= 15 is 0 Å². The van der Waals surface area contributed by atoms with Crippen LogP contribution in [-0.2, 0) is 7.05 Å². The van der Waals surface area contributed by atoms with Crippen LogP contribution in [0.2, 0.25) is 0 Å². The smallest absolute Gasteiger partial charge is 0.0700 e. The number of nitrogens with zero attached hydrogens (tertiary/aromatic N) is 2. The molecular weight excluding hydrogens is 298 g/mol. The molecule has 3 nitrogen and oxygen atoms in total. The number of hydrogen-bond donors (Lipinski definition) is 1. The second-order valence-corrected chi connectivity index (χ2v) is 6.09. The largest absolute Gasteiger partial charge is 0.308 e. The van der Waals surface area contributed by atoms with Crippen molar-refractivity contribution in [3.63, 3.8) is 0 Å². The van der Waals surface area contributed by atoms with E-state index in [-0.39, 0.29) is 0 Å². The summed E-state index contributed by atoms with van der Waals surface area (Å²) in [6.45, 7) is 5.47. The minimum Gasteiger partial charge on any atom is -0.308 e. The molecule has 0 aliphatic carbocycles. The molecule has 0 saturated carbocycles. The van der Waals surface area contributed by atoms with E-state index in [9.17, 15) is 0 Å². The first-order chi connectivity index (χ1) is 8.20. The molecule has 0 saturated heterocycles. The van der Waals surface area contributed by atoms with Gasteiger partial charge >= 0.3 is 0 Å². The Bertz CT molecular complexity index is 308. The van der Waals surface area contributed by atoms with Crippen molar-refractivity contribution in [3.8, 4) is 0 Å². The maximum atomic E-state index is 4.29. The van der Waals surface area contributed by atoms with Crippen molar-refractivity contribution in [1.29, 1.82) is 0 Å². The molecule has 5 heteroatoms. The van der Waals surface area contributed by atoms with Gasteiger partial charge in [-0.15, -0.1) is 0 Å². The molecule has 1 heterocycles. The first-order valence-corrected chi connectivity index (χ1v) is 8.14. The summed E-state index contributed by atoms with van der Waals surface area (Å²) in [7, 11) is 2.01.